The predicted molar refractivity (Wildman–Crippen MR) is 66.9 cm³/mol. The first-order valence-corrected chi connectivity index (χ1v) is 5.92. The van der Waals surface area contributed by atoms with E-state index < -0.39 is 4.92 Å². The van der Waals surface area contributed by atoms with Gasteiger partial charge in [0, 0.05) is 12.1 Å². The van der Waals surface area contributed by atoms with Gasteiger partial charge in [0.1, 0.15) is 0 Å². The second-order valence-electron chi connectivity index (χ2n) is 4.63. The summed E-state index contributed by atoms with van der Waals surface area (Å²) in [5.74, 6) is 0.284. The summed E-state index contributed by atoms with van der Waals surface area (Å²) < 4.78 is 0. The molecule has 1 rings (SSSR count). The first-order valence-electron chi connectivity index (χ1n) is 5.92. The molecule has 94 valence electrons. The van der Waals surface area contributed by atoms with E-state index in [-0.39, 0.29) is 17.7 Å². The molecule has 1 aromatic carbocycles. The summed E-state index contributed by atoms with van der Waals surface area (Å²) in [6.07, 6.45) is 2.26. The van der Waals surface area contributed by atoms with Crippen molar-refractivity contribution in [1.82, 2.24) is 0 Å². The zero-order valence-electron chi connectivity index (χ0n) is 10.3. The van der Waals surface area contributed by atoms with E-state index in [4.69, 9.17) is 0 Å². The van der Waals surface area contributed by atoms with Crippen LogP contribution < -0.4 is 0 Å². The molecule has 4 heteroatoms. The molecule has 0 aliphatic heterocycles. The van der Waals surface area contributed by atoms with Gasteiger partial charge in [-0.25, -0.2) is 0 Å². The van der Waals surface area contributed by atoms with Gasteiger partial charge in [0.15, 0.2) is 0 Å². The second kappa shape index (κ2) is 6.35. The lowest BCUT2D eigenvalue weighted by Gasteiger charge is -2.13. The predicted octanol–water partition coefficient (Wildman–Crippen LogP) is 2.93. The largest absolute Gasteiger partial charge is 0.393 e. The van der Waals surface area contributed by atoms with E-state index in [2.05, 4.69) is 0 Å². The molecule has 0 fully saturated rings. The molecule has 0 aromatic heterocycles. The smallest absolute Gasteiger partial charge is 0.269 e. The fourth-order valence-electron chi connectivity index (χ4n) is 1.63. The van der Waals surface area contributed by atoms with E-state index in [0.29, 0.717) is 0 Å². The molecule has 1 aromatic rings. The number of benzene rings is 1. The SMILES string of the molecule is CC(C)C(O)CCCc1ccc([N+](=O)[O-])cc1. The number of aliphatic hydroxyl groups excluding tert-OH is 1. The van der Waals surface area contributed by atoms with Crippen LogP contribution in [0.2, 0.25) is 0 Å². The monoisotopic (exact) mass is 237 g/mol. The zero-order valence-corrected chi connectivity index (χ0v) is 10.3. The number of aryl methyl sites for hydroxylation is 1. The Morgan fingerprint density at radius 2 is 1.88 bits per heavy atom. The summed E-state index contributed by atoms with van der Waals surface area (Å²) in [5, 5.41) is 20.1. The minimum Gasteiger partial charge on any atom is -0.393 e. The number of aliphatic hydroxyl groups is 1. The van der Waals surface area contributed by atoms with Gasteiger partial charge in [0.2, 0.25) is 0 Å². The molecule has 0 spiro atoms. The fourth-order valence-corrected chi connectivity index (χ4v) is 1.63. The van der Waals surface area contributed by atoms with Crippen molar-refractivity contribution in [2.24, 2.45) is 5.92 Å². The van der Waals surface area contributed by atoms with Gasteiger partial charge in [0.05, 0.1) is 11.0 Å². The molecular weight excluding hydrogens is 218 g/mol. The number of nitro benzene ring substituents is 1. The first kappa shape index (κ1) is 13.6. The van der Waals surface area contributed by atoms with Crippen molar-refractivity contribution in [2.45, 2.75) is 39.2 Å². The number of nitrogens with zero attached hydrogens (tertiary/aromatic N) is 1. The Bertz CT molecular complexity index is 359. The molecule has 17 heavy (non-hydrogen) atoms. The highest BCUT2D eigenvalue weighted by atomic mass is 16.6. The molecule has 1 N–H and O–H groups in total. The van der Waals surface area contributed by atoms with Crippen LogP contribution in [0.15, 0.2) is 24.3 Å². The Balaban J connectivity index is 2.40. The minimum atomic E-state index is -0.397. The van der Waals surface area contributed by atoms with Gasteiger partial charge in [0.25, 0.3) is 5.69 Å². The number of non-ortho nitro benzene ring substituents is 1. The van der Waals surface area contributed by atoms with Gasteiger partial charge < -0.3 is 5.11 Å². The van der Waals surface area contributed by atoms with Crippen LogP contribution in [0.25, 0.3) is 0 Å². The van der Waals surface area contributed by atoms with Crippen molar-refractivity contribution < 1.29 is 10.0 Å². The van der Waals surface area contributed by atoms with Crippen molar-refractivity contribution in [3.63, 3.8) is 0 Å². The van der Waals surface area contributed by atoms with Crippen LogP contribution in [-0.2, 0) is 6.42 Å². The van der Waals surface area contributed by atoms with Crippen LogP contribution >= 0.6 is 0 Å². The summed E-state index contributed by atoms with van der Waals surface area (Å²) in [6.45, 7) is 3.99. The third-order valence-electron chi connectivity index (χ3n) is 2.88. The Hall–Kier alpha value is -1.42. The molecule has 1 unspecified atom stereocenters. The molecule has 0 aliphatic carbocycles. The zero-order chi connectivity index (χ0) is 12.8. The Labute approximate surface area is 101 Å². The van der Waals surface area contributed by atoms with Crippen molar-refractivity contribution in [3.05, 3.63) is 39.9 Å². The van der Waals surface area contributed by atoms with Gasteiger partial charge in [-0.15, -0.1) is 0 Å². The molecule has 0 heterocycles. The van der Waals surface area contributed by atoms with Crippen LogP contribution in [-0.4, -0.2) is 16.1 Å². The molecule has 0 saturated heterocycles. The summed E-state index contributed by atoms with van der Waals surface area (Å²) in [6, 6.07) is 6.60. The molecule has 1 atom stereocenters. The molecule has 4 nitrogen and oxygen atoms in total. The Morgan fingerprint density at radius 1 is 1.29 bits per heavy atom. The lowest BCUT2D eigenvalue weighted by atomic mass is 9.99. The average Bonchev–Trinajstić information content (AvgIpc) is 2.29. The van der Waals surface area contributed by atoms with Gasteiger partial charge in [-0.3, -0.25) is 10.1 Å². The topological polar surface area (TPSA) is 63.4 Å². The number of hydrogen-bond donors (Lipinski definition) is 1. The first-order chi connectivity index (χ1) is 8.00. The van der Waals surface area contributed by atoms with Crippen LogP contribution in [0.3, 0.4) is 0 Å². The van der Waals surface area contributed by atoms with Crippen molar-refractivity contribution >= 4 is 5.69 Å². The minimum absolute atomic E-state index is 0.121. The maximum absolute atomic E-state index is 10.5. The lowest BCUT2D eigenvalue weighted by molar-refractivity contribution is -0.384. The van der Waals surface area contributed by atoms with E-state index in [1.807, 2.05) is 13.8 Å². The molecule has 0 saturated carbocycles. The summed E-state index contributed by atoms with van der Waals surface area (Å²) >= 11 is 0. The van der Waals surface area contributed by atoms with Crippen LogP contribution in [0.5, 0.6) is 0 Å². The van der Waals surface area contributed by atoms with E-state index in [9.17, 15) is 15.2 Å². The maximum atomic E-state index is 10.5. The van der Waals surface area contributed by atoms with Crippen molar-refractivity contribution in [3.8, 4) is 0 Å². The molecule has 0 bridgehead atoms. The molecule has 0 radical (unpaired) electrons. The molecule has 0 amide bonds. The van der Waals surface area contributed by atoms with Crippen molar-refractivity contribution in [1.29, 1.82) is 0 Å². The highest BCUT2D eigenvalue weighted by Gasteiger charge is 2.09. The number of rotatable bonds is 6. The van der Waals surface area contributed by atoms with E-state index in [0.717, 1.165) is 24.8 Å². The second-order valence-corrected chi connectivity index (χ2v) is 4.63. The van der Waals surface area contributed by atoms with E-state index in [1.54, 1.807) is 12.1 Å². The van der Waals surface area contributed by atoms with Gasteiger partial charge in [-0.05, 0) is 30.7 Å². The summed E-state index contributed by atoms with van der Waals surface area (Å²) in [7, 11) is 0. The summed E-state index contributed by atoms with van der Waals surface area (Å²) in [4.78, 5) is 10.1. The third-order valence-corrected chi connectivity index (χ3v) is 2.88. The van der Waals surface area contributed by atoms with Crippen LogP contribution in [0, 0.1) is 16.0 Å². The van der Waals surface area contributed by atoms with Crippen LogP contribution in [0.4, 0.5) is 5.69 Å². The quantitative estimate of drug-likeness (QED) is 0.611. The van der Waals surface area contributed by atoms with Crippen molar-refractivity contribution in [2.75, 3.05) is 0 Å². The van der Waals surface area contributed by atoms with Crippen LogP contribution in [0.1, 0.15) is 32.3 Å². The molecule has 0 aliphatic rings. The average molecular weight is 237 g/mol. The number of hydrogen-bond acceptors (Lipinski definition) is 3. The normalized spacial score (nSPS) is 12.7. The fraction of sp³-hybridized carbons (Fsp3) is 0.538. The van der Waals surface area contributed by atoms with E-state index >= 15 is 0 Å². The molecular formula is C13H19NO3. The Morgan fingerprint density at radius 3 is 2.35 bits per heavy atom. The summed E-state index contributed by atoms with van der Waals surface area (Å²) in [5.41, 5.74) is 1.20. The standard InChI is InChI=1S/C13H19NO3/c1-10(2)13(15)5-3-4-11-6-8-12(9-7-11)14(16)17/h6-10,13,15H,3-5H2,1-2H3. The lowest BCUT2D eigenvalue weighted by Crippen LogP contribution is -2.14. The number of nitro groups is 1. The maximum Gasteiger partial charge on any atom is 0.269 e. The van der Waals surface area contributed by atoms with Gasteiger partial charge in [-0.1, -0.05) is 26.0 Å². The Kier molecular flexibility index (Phi) is 5.10. The highest BCUT2D eigenvalue weighted by molar-refractivity contribution is 5.32. The highest BCUT2D eigenvalue weighted by Crippen LogP contribution is 2.15. The van der Waals surface area contributed by atoms with Gasteiger partial charge >= 0.3 is 0 Å². The van der Waals surface area contributed by atoms with E-state index in [1.165, 1.54) is 12.1 Å². The van der Waals surface area contributed by atoms with Gasteiger partial charge in [-0.2, -0.15) is 0 Å². The third kappa shape index (κ3) is 4.53.